The lowest BCUT2D eigenvalue weighted by molar-refractivity contribution is -0.135. The van der Waals surface area contributed by atoms with E-state index in [1.807, 2.05) is 4.90 Å². The third kappa shape index (κ3) is 2.22. The van der Waals surface area contributed by atoms with Gasteiger partial charge in [0, 0.05) is 24.9 Å². The molecule has 1 amide bonds. The van der Waals surface area contributed by atoms with Gasteiger partial charge in [-0.05, 0) is 57.7 Å². The van der Waals surface area contributed by atoms with Gasteiger partial charge in [-0.25, -0.2) is 0 Å². The number of fused-ring (bicyclic) bond motifs is 1. The average molecular weight is 329 g/mol. The van der Waals surface area contributed by atoms with Crippen molar-refractivity contribution in [3.8, 4) is 0 Å². The second kappa shape index (κ2) is 5.28. The molecule has 2 aliphatic carbocycles. The van der Waals surface area contributed by atoms with Crippen LogP contribution < -0.4 is 0 Å². The second-order valence-electron chi connectivity index (χ2n) is 8.44. The predicted octanol–water partition coefficient (Wildman–Crippen LogP) is 1.62. The molecule has 2 aliphatic heterocycles. The molecule has 0 N–H and O–H groups in total. The van der Waals surface area contributed by atoms with Gasteiger partial charge in [0.25, 0.3) is 0 Å². The molecule has 2 saturated carbocycles. The molecular weight excluding hydrogens is 302 g/mol. The van der Waals surface area contributed by atoms with Crippen molar-refractivity contribution in [1.29, 1.82) is 0 Å². The predicted molar refractivity (Wildman–Crippen MR) is 89.3 cm³/mol. The van der Waals surface area contributed by atoms with Gasteiger partial charge in [-0.15, -0.1) is 10.2 Å². The first-order chi connectivity index (χ1) is 11.7. The monoisotopic (exact) mass is 329 g/mol. The molecule has 6 heteroatoms. The number of carbonyl (C=O) groups is 1. The topological polar surface area (TPSA) is 54.3 Å². The Kier molecular flexibility index (Phi) is 3.27. The normalized spacial score (nSPS) is 29.4. The van der Waals surface area contributed by atoms with Crippen molar-refractivity contribution in [2.45, 2.75) is 57.5 Å². The zero-order valence-electron chi connectivity index (χ0n) is 14.6. The van der Waals surface area contributed by atoms with Gasteiger partial charge < -0.3 is 14.4 Å². The fraction of sp³-hybridized carbons (Fsp3) is 0.833. The molecule has 0 bridgehead atoms. The molecule has 6 nitrogen and oxygen atoms in total. The van der Waals surface area contributed by atoms with E-state index < -0.39 is 0 Å². The third-order valence-corrected chi connectivity index (χ3v) is 7.01. The summed E-state index contributed by atoms with van der Waals surface area (Å²) in [5.41, 5.74) is 0.418. The van der Waals surface area contributed by atoms with Gasteiger partial charge >= 0.3 is 0 Å². The zero-order valence-corrected chi connectivity index (χ0v) is 14.6. The standard InChI is InChI=1S/C18H27N5O/c1-21-7-3-13(4-8-21)16-20-19-15-12-22(9-10-23(15)16)17(24)14-11-18(14)5-2-6-18/h13-14H,2-12H2,1H3/t14-/m0/s1. The van der Waals surface area contributed by atoms with Crippen molar-refractivity contribution >= 4 is 5.91 Å². The van der Waals surface area contributed by atoms with E-state index in [0.29, 0.717) is 29.7 Å². The van der Waals surface area contributed by atoms with Gasteiger partial charge in [0.1, 0.15) is 5.82 Å². The summed E-state index contributed by atoms with van der Waals surface area (Å²) in [6, 6.07) is 0. The van der Waals surface area contributed by atoms with E-state index in [1.54, 1.807) is 0 Å². The maximum absolute atomic E-state index is 12.8. The molecule has 3 heterocycles. The minimum atomic E-state index is 0.314. The van der Waals surface area contributed by atoms with E-state index >= 15 is 0 Å². The molecule has 4 aliphatic rings. The number of hydrogen-bond acceptors (Lipinski definition) is 4. The van der Waals surface area contributed by atoms with Gasteiger partial charge in [0.2, 0.25) is 5.91 Å². The van der Waals surface area contributed by atoms with Crippen LogP contribution in [0.25, 0.3) is 0 Å². The summed E-state index contributed by atoms with van der Waals surface area (Å²) in [7, 11) is 2.19. The number of nitrogens with zero attached hydrogens (tertiary/aromatic N) is 5. The van der Waals surface area contributed by atoms with Crippen molar-refractivity contribution in [1.82, 2.24) is 24.6 Å². The fourth-order valence-corrected chi connectivity index (χ4v) is 5.04. The molecule has 24 heavy (non-hydrogen) atoms. The molecule has 0 unspecified atom stereocenters. The largest absolute Gasteiger partial charge is 0.333 e. The van der Waals surface area contributed by atoms with Crippen molar-refractivity contribution in [3.63, 3.8) is 0 Å². The minimum absolute atomic E-state index is 0.314. The van der Waals surface area contributed by atoms with E-state index in [0.717, 1.165) is 44.2 Å². The Morgan fingerprint density at radius 3 is 2.58 bits per heavy atom. The molecule has 0 radical (unpaired) electrons. The zero-order chi connectivity index (χ0) is 16.3. The Hall–Kier alpha value is -1.43. The van der Waals surface area contributed by atoms with Crippen molar-refractivity contribution in [2.24, 2.45) is 11.3 Å². The Balaban J connectivity index is 1.28. The summed E-state index contributed by atoms with van der Waals surface area (Å²) in [5, 5.41) is 8.95. The van der Waals surface area contributed by atoms with Crippen LogP contribution in [0.15, 0.2) is 0 Å². The van der Waals surface area contributed by atoms with Crippen LogP contribution in [0, 0.1) is 11.3 Å². The Morgan fingerprint density at radius 2 is 1.92 bits per heavy atom. The SMILES string of the molecule is CN1CCC(c2nnc3n2CCN(C(=O)[C@@H]2CC24CCC4)C3)CC1. The number of carbonyl (C=O) groups excluding carboxylic acids is 1. The Morgan fingerprint density at radius 1 is 1.12 bits per heavy atom. The summed E-state index contributed by atoms with van der Waals surface area (Å²) < 4.78 is 2.30. The summed E-state index contributed by atoms with van der Waals surface area (Å²) in [5.74, 6) is 3.38. The Labute approximate surface area is 143 Å². The third-order valence-electron chi connectivity index (χ3n) is 7.01. The first-order valence-electron chi connectivity index (χ1n) is 9.56. The van der Waals surface area contributed by atoms with Gasteiger partial charge in [0.05, 0.1) is 6.54 Å². The van der Waals surface area contributed by atoms with Crippen LogP contribution in [0.5, 0.6) is 0 Å². The van der Waals surface area contributed by atoms with E-state index in [2.05, 4.69) is 26.7 Å². The van der Waals surface area contributed by atoms with E-state index in [9.17, 15) is 4.79 Å². The van der Waals surface area contributed by atoms with Gasteiger partial charge in [-0.2, -0.15) is 0 Å². The average Bonchev–Trinajstić information content (AvgIpc) is 3.21. The molecule has 3 fully saturated rings. The quantitative estimate of drug-likeness (QED) is 0.827. The van der Waals surface area contributed by atoms with Gasteiger partial charge in [-0.1, -0.05) is 6.42 Å². The lowest BCUT2D eigenvalue weighted by Crippen LogP contribution is -2.41. The number of piperidine rings is 1. The van der Waals surface area contributed by atoms with E-state index in [1.165, 1.54) is 32.1 Å². The highest BCUT2D eigenvalue weighted by molar-refractivity contribution is 5.83. The van der Waals surface area contributed by atoms with Crippen LogP contribution in [0.2, 0.25) is 0 Å². The van der Waals surface area contributed by atoms with E-state index in [-0.39, 0.29) is 0 Å². The molecule has 1 aromatic heterocycles. The molecule has 1 spiro atoms. The first-order valence-corrected chi connectivity index (χ1v) is 9.56. The van der Waals surface area contributed by atoms with Crippen molar-refractivity contribution < 1.29 is 4.79 Å². The van der Waals surface area contributed by atoms with Crippen LogP contribution in [-0.2, 0) is 17.9 Å². The van der Waals surface area contributed by atoms with Crippen LogP contribution in [-0.4, -0.2) is 57.2 Å². The number of hydrogen-bond donors (Lipinski definition) is 0. The number of rotatable bonds is 2. The summed E-state index contributed by atoms with van der Waals surface area (Å²) in [6.07, 6.45) is 7.33. The molecule has 5 rings (SSSR count). The molecule has 1 saturated heterocycles. The number of amides is 1. The number of likely N-dealkylation sites (tertiary alicyclic amines) is 1. The van der Waals surface area contributed by atoms with Crippen molar-refractivity contribution in [3.05, 3.63) is 11.6 Å². The van der Waals surface area contributed by atoms with Crippen LogP contribution in [0.3, 0.4) is 0 Å². The lowest BCUT2D eigenvalue weighted by atomic mass is 9.79. The molecule has 130 valence electrons. The second-order valence-corrected chi connectivity index (χ2v) is 8.44. The van der Waals surface area contributed by atoms with E-state index in [4.69, 9.17) is 0 Å². The Bertz CT molecular complexity index is 656. The van der Waals surface area contributed by atoms with Crippen LogP contribution in [0.4, 0.5) is 0 Å². The smallest absolute Gasteiger partial charge is 0.226 e. The van der Waals surface area contributed by atoms with Gasteiger partial charge in [-0.3, -0.25) is 4.79 Å². The molecule has 1 atom stereocenters. The maximum Gasteiger partial charge on any atom is 0.226 e. The molecular formula is C18H27N5O. The first kappa shape index (κ1) is 14.9. The fourth-order valence-electron chi connectivity index (χ4n) is 5.04. The lowest BCUT2D eigenvalue weighted by Gasteiger charge is -2.33. The van der Waals surface area contributed by atoms with Gasteiger partial charge in [0.15, 0.2) is 5.82 Å². The summed E-state index contributed by atoms with van der Waals surface area (Å²) >= 11 is 0. The summed E-state index contributed by atoms with van der Waals surface area (Å²) in [6.45, 7) is 4.64. The van der Waals surface area contributed by atoms with Crippen LogP contribution in [0.1, 0.15) is 56.1 Å². The molecule has 1 aromatic rings. The highest BCUT2D eigenvalue weighted by Crippen LogP contribution is 2.66. The molecule has 0 aromatic carbocycles. The maximum atomic E-state index is 12.8. The van der Waals surface area contributed by atoms with Crippen LogP contribution >= 0.6 is 0 Å². The summed E-state index contributed by atoms with van der Waals surface area (Å²) in [4.78, 5) is 17.2. The highest BCUT2D eigenvalue weighted by Gasteiger charge is 2.61. The highest BCUT2D eigenvalue weighted by atomic mass is 16.2. The van der Waals surface area contributed by atoms with Crippen molar-refractivity contribution in [2.75, 3.05) is 26.7 Å². The minimum Gasteiger partial charge on any atom is -0.333 e. The number of aromatic nitrogens is 3.